The number of hydrogen-bond acceptors (Lipinski definition) is 3. The lowest BCUT2D eigenvalue weighted by atomic mass is 10.1. The molecule has 104 valence electrons. The van der Waals surface area contributed by atoms with Crippen LogP contribution in [0.5, 0.6) is 0 Å². The van der Waals surface area contributed by atoms with E-state index in [1.54, 1.807) is 18.2 Å². The van der Waals surface area contributed by atoms with Gasteiger partial charge in [-0.1, -0.05) is 18.2 Å². The Morgan fingerprint density at radius 2 is 1.95 bits per heavy atom. The molecule has 0 saturated carbocycles. The van der Waals surface area contributed by atoms with Crippen molar-refractivity contribution in [2.75, 3.05) is 19.6 Å². The molecule has 2 fully saturated rings. The highest BCUT2D eigenvalue weighted by molar-refractivity contribution is 5.19. The lowest BCUT2D eigenvalue weighted by Gasteiger charge is -2.32. The Balaban J connectivity index is 1.53. The largest absolute Gasteiger partial charge is 0.388 e. The van der Waals surface area contributed by atoms with Crippen molar-refractivity contribution in [3.8, 4) is 0 Å². The molecule has 0 aromatic heterocycles. The van der Waals surface area contributed by atoms with E-state index in [-0.39, 0.29) is 5.82 Å². The number of halogens is 1. The van der Waals surface area contributed by atoms with Crippen molar-refractivity contribution in [2.45, 2.75) is 37.6 Å². The van der Waals surface area contributed by atoms with Crippen molar-refractivity contribution in [1.82, 2.24) is 4.90 Å². The first kappa shape index (κ1) is 13.0. The first-order valence-electron chi connectivity index (χ1n) is 7.02. The lowest BCUT2D eigenvalue weighted by molar-refractivity contribution is -0.0415. The number of ether oxygens (including phenoxy) is 1. The molecule has 1 aromatic carbocycles. The summed E-state index contributed by atoms with van der Waals surface area (Å²) < 4.78 is 19.3. The van der Waals surface area contributed by atoms with Gasteiger partial charge in [0, 0.05) is 25.2 Å². The molecule has 2 heterocycles. The molecule has 2 saturated heterocycles. The van der Waals surface area contributed by atoms with Gasteiger partial charge in [0.15, 0.2) is 0 Å². The fraction of sp³-hybridized carbons (Fsp3) is 0.600. The third-order valence-corrected chi connectivity index (χ3v) is 4.10. The van der Waals surface area contributed by atoms with E-state index >= 15 is 0 Å². The van der Waals surface area contributed by atoms with Crippen molar-refractivity contribution >= 4 is 0 Å². The predicted molar refractivity (Wildman–Crippen MR) is 70.3 cm³/mol. The van der Waals surface area contributed by atoms with E-state index in [2.05, 4.69) is 4.90 Å². The van der Waals surface area contributed by atoms with Crippen molar-refractivity contribution in [2.24, 2.45) is 0 Å². The Morgan fingerprint density at radius 3 is 2.63 bits per heavy atom. The molecule has 3 unspecified atom stereocenters. The molecule has 0 radical (unpaired) electrons. The van der Waals surface area contributed by atoms with Gasteiger partial charge in [-0.05, 0) is 25.3 Å². The summed E-state index contributed by atoms with van der Waals surface area (Å²) in [5.74, 6) is -0.322. The Labute approximate surface area is 113 Å². The molecule has 3 nitrogen and oxygen atoms in total. The molecule has 4 heteroatoms. The van der Waals surface area contributed by atoms with E-state index < -0.39 is 6.10 Å². The zero-order chi connectivity index (χ0) is 13.2. The van der Waals surface area contributed by atoms with Crippen LogP contribution >= 0.6 is 0 Å². The number of benzene rings is 1. The fourth-order valence-corrected chi connectivity index (χ4v) is 3.09. The van der Waals surface area contributed by atoms with Gasteiger partial charge in [-0.2, -0.15) is 0 Å². The van der Waals surface area contributed by atoms with Crippen molar-refractivity contribution < 1.29 is 14.2 Å². The summed E-state index contributed by atoms with van der Waals surface area (Å²) in [4.78, 5) is 2.33. The SMILES string of the molecule is OC(CCN1CC2CCC(C1)O2)c1ccccc1F. The van der Waals surface area contributed by atoms with Crippen molar-refractivity contribution in [1.29, 1.82) is 0 Å². The van der Waals surface area contributed by atoms with Gasteiger partial charge in [-0.25, -0.2) is 4.39 Å². The standard InChI is InChI=1S/C15H20FNO2/c16-14-4-2-1-3-13(14)15(18)7-8-17-9-11-5-6-12(10-17)19-11/h1-4,11-12,15,18H,5-10H2. The van der Waals surface area contributed by atoms with Gasteiger partial charge in [0.1, 0.15) is 5.82 Å². The molecule has 19 heavy (non-hydrogen) atoms. The van der Waals surface area contributed by atoms with Gasteiger partial charge in [0.05, 0.1) is 18.3 Å². The van der Waals surface area contributed by atoms with E-state index in [0.717, 1.165) is 32.5 Å². The minimum atomic E-state index is -0.721. The quantitative estimate of drug-likeness (QED) is 0.905. The number of rotatable bonds is 4. The number of nitrogens with zero attached hydrogens (tertiary/aromatic N) is 1. The molecule has 0 amide bonds. The lowest BCUT2D eigenvalue weighted by Crippen LogP contribution is -2.43. The first-order valence-corrected chi connectivity index (χ1v) is 7.02. The second kappa shape index (κ2) is 5.57. The zero-order valence-corrected chi connectivity index (χ0v) is 11.0. The Bertz CT molecular complexity index is 428. The van der Waals surface area contributed by atoms with Crippen LogP contribution in [0, 0.1) is 5.82 Å². The van der Waals surface area contributed by atoms with E-state index in [0.29, 0.717) is 24.2 Å². The second-order valence-corrected chi connectivity index (χ2v) is 5.54. The van der Waals surface area contributed by atoms with E-state index in [4.69, 9.17) is 4.74 Å². The normalized spacial score (nSPS) is 28.5. The van der Waals surface area contributed by atoms with Gasteiger partial charge in [-0.3, -0.25) is 4.90 Å². The fourth-order valence-electron chi connectivity index (χ4n) is 3.09. The Morgan fingerprint density at radius 1 is 1.26 bits per heavy atom. The summed E-state index contributed by atoms with van der Waals surface area (Å²) in [6.07, 6.45) is 2.88. The summed E-state index contributed by atoms with van der Waals surface area (Å²) in [5, 5.41) is 10.1. The van der Waals surface area contributed by atoms with Crippen LogP contribution in [0.3, 0.4) is 0 Å². The molecule has 3 atom stereocenters. The number of aliphatic hydroxyl groups excluding tert-OH is 1. The van der Waals surface area contributed by atoms with Gasteiger partial charge in [0.2, 0.25) is 0 Å². The molecule has 2 aliphatic heterocycles. The highest BCUT2D eigenvalue weighted by atomic mass is 19.1. The third-order valence-electron chi connectivity index (χ3n) is 4.10. The zero-order valence-electron chi connectivity index (χ0n) is 11.0. The number of aliphatic hydroxyl groups is 1. The summed E-state index contributed by atoms with van der Waals surface area (Å²) in [5.41, 5.74) is 0.402. The van der Waals surface area contributed by atoms with E-state index in [9.17, 15) is 9.50 Å². The maximum Gasteiger partial charge on any atom is 0.128 e. The monoisotopic (exact) mass is 265 g/mol. The van der Waals surface area contributed by atoms with Crippen LogP contribution in [0.4, 0.5) is 4.39 Å². The topological polar surface area (TPSA) is 32.7 Å². The van der Waals surface area contributed by atoms with Crippen LogP contribution in [0.1, 0.15) is 30.9 Å². The number of hydrogen-bond donors (Lipinski definition) is 1. The average Bonchev–Trinajstić information content (AvgIpc) is 2.76. The van der Waals surface area contributed by atoms with Gasteiger partial charge in [0.25, 0.3) is 0 Å². The number of fused-ring (bicyclic) bond motifs is 2. The number of likely N-dealkylation sites (tertiary alicyclic amines) is 1. The second-order valence-electron chi connectivity index (χ2n) is 5.54. The average molecular weight is 265 g/mol. The molecule has 1 N–H and O–H groups in total. The molecular formula is C15H20FNO2. The summed E-state index contributed by atoms with van der Waals surface area (Å²) in [6.45, 7) is 2.69. The summed E-state index contributed by atoms with van der Waals surface area (Å²) in [7, 11) is 0. The predicted octanol–water partition coefficient (Wildman–Crippen LogP) is 2.11. The summed E-state index contributed by atoms with van der Waals surface area (Å²) in [6, 6.07) is 6.46. The molecule has 0 spiro atoms. The van der Waals surface area contributed by atoms with Gasteiger partial charge < -0.3 is 9.84 Å². The van der Waals surface area contributed by atoms with Crippen molar-refractivity contribution in [3.63, 3.8) is 0 Å². The number of morpholine rings is 1. The van der Waals surface area contributed by atoms with Crippen LogP contribution in [0.15, 0.2) is 24.3 Å². The highest BCUT2D eigenvalue weighted by Crippen LogP contribution is 2.27. The van der Waals surface area contributed by atoms with E-state index in [1.807, 2.05) is 0 Å². The smallest absolute Gasteiger partial charge is 0.128 e. The van der Waals surface area contributed by atoms with Gasteiger partial charge >= 0.3 is 0 Å². The minimum absolute atomic E-state index is 0.322. The van der Waals surface area contributed by atoms with Crippen molar-refractivity contribution in [3.05, 3.63) is 35.6 Å². The van der Waals surface area contributed by atoms with E-state index in [1.165, 1.54) is 6.07 Å². The Hall–Kier alpha value is -0.970. The maximum atomic E-state index is 13.5. The Kier molecular flexibility index (Phi) is 3.82. The molecule has 2 aliphatic rings. The highest BCUT2D eigenvalue weighted by Gasteiger charge is 2.33. The molecular weight excluding hydrogens is 245 g/mol. The molecule has 1 aromatic rings. The van der Waals surface area contributed by atoms with Gasteiger partial charge in [-0.15, -0.1) is 0 Å². The van der Waals surface area contributed by atoms with Crippen LogP contribution in [0.2, 0.25) is 0 Å². The van der Waals surface area contributed by atoms with Crippen LogP contribution in [-0.2, 0) is 4.74 Å². The minimum Gasteiger partial charge on any atom is -0.388 e. The maximum absolute atomic E-state index is 13.5. The molecule has 3 rings (SSSR count). The van der Waals surface area contributed by atoms with Crippen LogP contribution in [0.25, 0.3) is 0 Å². The van der Waals surface area contributed by atoms with Crippen LogP contribution in [-0.4, -0.2) is 41.8 Å². The summed E-state index contributed by atoms with van der Waals surface area (Å²) >= 11 is 0. The first-order chi connectivity index (χ1) is 9.22. The third kappa shape index (κ3) is 2.96. The molecule has 2 bridgehead atoms. The van der Waals surface area contributed by atoms with Crippen LogP contribution < -0.4 is 0 Å². The molecule has 0 aliphatic carbocycles.